The van der Waals surface area contributed by atoms with Gasteiger partial charge >= 0.3 is 17.1 Å². The standard InChI is InChI=1S/C12H14N4O3/c1-4-7-14-10(17)15(8-5-2)12(19)16(11(14)18)9-6-13-3/h4-5H,1-2,6-9H2. The Bertz CT molecular complexity index is 651. The van der Waals surface area contributed by atoms with Gasteiger partial charge in [0.15, 0.2) is 0 Å². The maximum atomic E-state index is 12.0. The quantitative estimate of drug-likeness (QED) is 0.511. The van der Waals surface area contributed by atoms with Gasteiger partial charge in [0.1, 0.15) is 6.54 Å². The summed E-state index contributed by atoms with van der Waals surface area (Å²) in [6.45, 7) is 13.6. The molecule has 0 saturated carbocycles. The molecule has 0 unspecified atom stereocenters. The molecule has 1 heterocycles. The van der Waals surface area contributed by atoms with Crippen molar-refractivity contribution in [2.45, 2.75) is 19.6 Å². The first kappa shape index (κ1) is 14.4. The highest BCUT2D eigenvalue weighted by Gasteiger charge is 2.14. The maximum Gasteiger partial charge on any atom is 0.336 e. The fraction of sp³-hybridized carbons (Fsp3) is 0.333. The van der Waals surface area contributed by atoms with Gasteiger partial charge in [0.05, 0.1) is 13.1 Å². The molecule has 0 aliphatic heterocycles. The van der Waals surface area contributed by atoms with E-state index in [1.807, 2.05) is 0 Å². The molecule has 1 aromatic rings. The molecule has 0 spiro atoms. The highest BCUT2D eigenvalue weighted by Crippen LogP contribution is 1.80. The Labute approximate surface area is 109 Å². The molecule has 100 valence electrons. The van der Waals surface area contributed by atoms with Crippen molar-refractivity contribution in [3.05, 3.63) is 68.2 Å². The van der Waals surface area contributed by atoms with Crippen LogP contribution in [-0.4, -0.2) is 20.2 Å². The molecule has 7 nitrogen and oxygen atoms in total. The third kappa shape index (κ3) is 2.80. The van der Waals surface area contributed by atoms with E-state index in [0.29, 0.717) is 0 Å². The predicted octanol–water partition coefficient (Wildman–Crippen LogP) is -0.537. The van der Waals surface area contributed by atoms with Gasteiger partial charge in [-0.15, -0.1) is 13.2 Å². The van der Waals surface area contributed by atoms with Crippen molar-refractivity contribution in [1.82, 2.24) is 13.7 Å². The molecule has 0 N–H and O–H groups in total. The van der Waals surface area contributed by atoms with Gasteiger partial charge in [-0.1, -0.05) is 12.2 Å². The summed E-state index contributed by atoms with van der Waals surface area (Å²) < 4.78 is 2.69. The lowest BCUT2D eigenvalue weighted by atomic mass is 10.5. The van der Waals surface area contributed by atoms with Crippen molar-refractivity contribution in [1.29, 1.82) is 0 Å². The second-order valence-electron chi connectivity index (χ2n) is 3.68. The van der Waals surface area contributed by atoms with E-state index in [0.717, 1.165) is 13.7 Å². The molecular weight excluding hydrogens is 248 g/mol. The van der Waals surface area contributed by atoms with Gasteiger partial charge in [-0.05, 0) is 0 Å². The van der Waals surface area contributed by atoms with Crippen LogP contribution in [0.15, 0.2) is 39.7 Å². The third-order valence-corrected chi connectivity index (χ3v) is 2.44. The topological polar surface area (TPSA) is 70.4 Å². The van der Waals surface area contributed by atoms with E-state index < -0.39 is 17.1 Å². The van der Waals surface area contributed by atoms with Crippen molar-refractivity contribution in [3.8, 4) is 0 Å². The van der Waals surface area contributed by atoms with Crippen molar-refractivity contribution in [3.63, 3.8) is 0 Å². The molecule has 0 aliphatic carbocycles. The molecule has 19 heavy (non-hydrogen) atoms. The van der Waals surface area contributed by atoms with Crippen LogP contribution in [0, 0.1) is 6.57 Å². The van der Waals surface area contributed by atoms with Gasteiger partial charge in [-0.2, -0.15) is 0 Å². The number of hydrogen-bond donors (Lipinski definition) is 0. The summed E-state index contributed by atoms with van der Waals surface area (Å²) in [6.07, 6.45) is 2.79. The Balaban J connectivity index is 3.64. The molecule has 1 rings (SSSR count). The minimum absolute atomic E-state index is 0.00444. The first-order valence-electron chi connectivity index (χ1n) is 5.58. The van der Waals surface area contributed by atoms with Crippen LogP contribution < -0.4 is 17.1 Å². The van der Waals surface area contributed by atoms with Gasteiger partial charge in [0, 0.05) is 0 Å². The Morgan fingerprint density at radius 1 is 0.947 bits per heavy atom. The first-order valence-corrected chi connectivity index (χ1v) is 5.58. The Morgan fingerprint density at radius 3 is 1.74 bits per heavy atom. The van der Waals surface area contributed by atoms with Gasteiger partial charge in [-0.25, -0.2) is 34.7 Å². The summed E-state index contributed by atoms with van der Waals surface area (Å²) in [5, 5.41) is 0. The average Bonchev–Trinajstić information content (AvgIpc) is 2.40. The Hall–Kier alpha value is -2.62. The van der Waals surface area contributed by atoms with Gasteiger partial charge in [-0.3, -0.25) is 0 Å². The molecule has 0 radical (unpaired) electrons. The lowest BCUT2D eigenvalue weighted by molar-refractivity contribution is 0.488. The lowest BCUT2D eigenvalue weighted by Crippen LogP contribution is -2.54. The van der Waals surface area contributed by atoms with E-state index in [4.69, 9.17) is 6.57 Å². The summed E-state index contributed by atoms with van der Waals surface area (Å²) in [5.74, 6) is 0. The van der Waals surface area contributed by atoms with E-state index >= 15 is 0 Å². The highest BCUT2D eigenvalue weighted by atomic mass is 16.2. The minimum atomic E-state index is -0.723. The zero-order valence-electron chi connectivity index (χ0n) is 10.4. The molecule has 0 saturated heterocycles. The van der Waals surface area contributed by atoms with Gasteiger partial charge < -0.3 is 4.85 Å². The molecule has 0 atom stereocenters. The summed E-state index contributed by atoms with van der Waals surface area (Å²) in [4.78, 5) is 39.1. The molecule has 0 aliphatic rings. The monoisotopic (exact) mass is 262 g/mol. The van der Waals surface area contributed by atoms with Crippen molar-refractivity contribution in [2.24, 2.45) is 0 Å². The predicted molar refractivity (Wildman–Crippen MR) is 71.1 cm³/mol. The van der Waals surface area contributed by atoms with Crippen molar-refractivity contribution in [2.75, 3.05) is 6.54 Å². The molecule has 0 aromatic carbocycles. The Kier molecular flexibility index (Phi) is 4.83. The van der Waals surface area contributed by atoms with E-state index in [1.54, 1.807) is 0 Å². The van der Waals surface area contributed by atoms with Crippen molar-refractivity contribution < 1.29 is 0 Å². The fourth-order valence-electron chi connectivity index (χ4n) is 1.59. The summed E-state index contributed by atoms with van der Waals surface area (Å²) in [7, 11) is 0. The minimum Gasteiger partial charge on any atom is -0.315 e. The second-order valence-corrected chi connectivity index (χ2v) is 3.68. The van der Waals surface area contributed by atoms with Crippen LogP contribution in [-0.2, 0) is 19.6 Å². The van der Waals surface area contributed by atoms with E-state index in [1.165, 1.54) is 12.2 Å². The summed E-state index contributed by atoms with van der Waals surface area (Å²) in [6, 6.07) is 0. The van der Waals surface area contributed by atoms with Crippen LogP contribution in [0.4, 0.5) is 0 Å². The maximum absolute atomic E-state index is 12.0. The second kappa shape index (κ2) is 6.35. The van der Waals surface area contributed by atoms with Crippen LogP contribution in [0.25, 0.3) is 4.85 Å². The number of nitrogens with zero attached hydrogens (tertiary/aromatic N) is 4. The smallest absolute Gasteiger partial charge is 0.315 e. The highest BCUT2D eigenvalue weighted by molar-refractivity contribution is 4.85. The van der Waals surface area contributed by atoms with E-state index in [-0.39, 0.29) is 26.2 Å². The van der Waals surface area contributed by atoms with Crippen LogP contribution >= 0.6 is 0 Å². The normalized spacial score (nSPS) is 9.84. The van der Waals surface area contributed by atoms with Gasteiger partial charge in [0.2, 0.25) is 6.54 Å². The summed E-state index contributed by atoms with van der Waals surface area (Å²) >= 11 is 0. The molecule has 0 amide bonds. The SMILES string of the molecule is [C-]#[N+]CCn1c(=O)n(CC=C)c(=O)n(CC=C)c1=O. The molecule has 0 bridgehead atoms. The Morgan fingerprint density at radius 2 is 1.37 bits per heavy atom. The zero-order chi connectivity index (χ0) is 14.4. The van der Waals surface area contributed by atoms with Crippen LogP contribution in [0.2, 0.25) is 0 Å². The number of rotatable bonds is 6. The van der Waals surface area contributed by atoms with Crippen LogP contribution in [0.5, 0.6) is 0 Å². The molecule has 7 heteroatoms. The van der Waals surface area contributed by atoms with Gasteiger partial charge in [0.25, 0.3) is 0 Å². The van der Waals surface area contributed by atoms with E-state index in [2.05, 4.69) is 18.0 Å². The molecular formula is C12H14N4O3. The zero-order valence-corrected chi connectivity index (χ0v) is 10.4. The fourth-order valence-corrected chi connectivity index (χ4v) is 1.59. The first-order chi connectivity index (χ1) is 9.08. The molecule has 0 fully saturated rings. The third-order valence-electron chi connectivity index (χ3n) is 2.44. The number of allylic oxidation sites excluding steroid dienone is 2. The lowest BCUT2D eigenvalue weighted by Gasteiger charge is -2.10. The van der Waals surface area contributed by atoms with Crippen LogP contribution in [0.1, 0.15) is 0 Å². The average molecular weight is 262 g/mol. The largest absolute Gasteiger partial charge is 0.336 e. The molecule has 1 aromatic heterocycles. The number of aromatic nitrogens is 3. The van der Waals surface area contributed by atoms with E-state index in [9.17, 15) is 14.4 Å². The summed E-state index contributed by atoms with van der Waals surface area (Å²) in [5.41, 5.74) is -2.15. The van der Waals surface area contributed by atoms with Crippen LogP contribution in [0.3, 0.4) is 0 Å². The van der Waals surface area contributed by atoms with Crippen molar-refractivity contribution >= 4 is 0 Å². The number of hydrogen-bond acceptors (Lipinski definition) is 3.